The van der Waals surface area contributed by atoms with Crippen molar-refractivity contribution in [2.45, 2.75) is 12.8 Å². The van der Waals surface area contributed by atoms with E-state index in [-0.39, 0.29) is 18.1 Å². The van der Waals surface area contributed by atoms with Crippen molar-refractivity contribution in [3.63, 3.8) is 0 Å². The Kier molecular flexibility index (Phi) is 4.42. The number of aryl methyl sites for hydroxylation is 1. The fourth-order valence-electron chi connectivity index (χ4n) is 2.07. The summed E-state index contributed by atoms with van der Waals surface area (Å²) < 4.78 is 19.2. The number of hydrogen-bond acceptors (Lipinski definition) is 4. The van der Waals surface area contributed by atoms with Gasteiger partial charge in [0.1, 0.15) is 11.6 Å². The van der Waals surface area contributed by atoms with Gasteiger partial charge in [0.15, 0.2) is 11.7 Å². The summed E-state index contributed by atoms with van der Waals surface area (Å²) in [6.07, 6.45) is 3.59. The Morgan fingerprint density at radius 1 is 1.13 bits per heavy atom. The number of nitrogens with zero attached hydrogens (tertiary/aromatic N) is 2. The number of pyridine rings is 1. The molecular formula is C17H14FN3O2. The van der Waals surface area contributed by atoms with Gasteiger partial charge in [-0.25, -0.2) is 14.4 Å². The zero-order valence-corrected chi connectivity index (χ0v) is 12.2. The van der Waals surface area contributed by atoms with Crippen LogP contribution in [0, 0.1) is 5.82 Å². The van der Waals surface area contributed by atoms with Crippen molar-refractivity contribution in [3.8, 4) is 11.3 Å². The molecular weight excluding hydrogens is 297 g/mol. The van der Waals surface area contributed by atoms with E-state index in [0.29, 0.717) is 29.5 Å². The van der Waals surface area contributed by atoms with Crippen LogP contribution in [0.2, 0.25) is 0 Å². The molecule has 3 rings (SSSR count). The summed E-state index contributed by atoms with van der Waals surface area (Å²) in [5, 5.41) is 2.68. The van der Waals surface area contributed by atoms with Crippen LogP contribution in [0.15, 0.2) is 59.3 Å². The van der Waals surface area contributed by atoms with E-state index in [1.165, 1.54) is 12.3 Å². The van der Waals surface area contributed by atoms with Crippen LogP contribution in [0.3, 0.4) is 0 Å². The number of carbonyl (C=O) groups excluding carboxylic acids is 1. The molecule has 0 aliphatic heterocycles. The van der Waals surface area contributed by atoms with Gasteiger partial charge in [-0.05, 0) is 24.3 Å². The summed E-state index contributed by atoms with van der Waals surface area (Å²) in [4.78, 5) is 19.9. The van der Waals surface area contributed by atoms with Crippen molar-refractivity contribution in [2.24, 2.45) is 0 Å². The van der Waals surface area contributed by atoms with E-state index in [1.807, 2.05) is 0 Å². The van der Waals surface area contributed by atoms with Crippen LogP contribution in [0.1, 0.15) is 12.3 Å². The van der Waals surface area contributed by atoms with Crippen molar-refractivity contribution in [1.82, 2.24) is 9.97 Å². The van der Waals surface area contributed by atoms with E-state index in [2.05, 4.69) is 15.3 Å². The molecule has 0 atom stereocenters. The van der Waals surface area contributed by atoms with Crippen LogP contribution < -0.4 is 5.32 Å². The molecule has 0 saturated carbocycles. The van der Waals surface area contributed by atoms with E-state index in [1.54, 1.807) is 42.6 Å². The number of rotatable bonds is 5. The lowest BCUT2D eigenvalue weighted by molar-refractivity contribution is -0.116. The van der Waals surface area contributed by atoms with Gasteiger partial charge in [0.05, 0.1) is 11.8 Å². The van der Waals surface area contributed by atoms with Gasteiger partial charge in [0.2, 0.25) is 5.91 Å². The maximum atomic E-state index is 13.7. The van der Waals surface area contributed by atoms with Crippen LogP contribution in [-0.4, -0.2) is 15.9 Å². The molecule has 2 aromatic heterocycles. The SMILES string of the molecule is O=C(CCc1ncc(-c2ccccc2F)o1)Nc1ccccn1. The van der Waals surface area contributed by atoms with Crippen LogP contribution in [-0.2, 0) is 11.2 Å². The Morgan fingerprint density at radius 3 is 2.74 bits per heavy atom. The largest absolute Gasteiger partial charge is 0.441 e. The zero-order chi connectivity index (χ0) is 16.1. The second-order valence-corrected chi connectivity index (χ2v) is 4.86. The van der Waals surface area contributed by atoms with Gasteiger partial charge in [-0.1, -0.05) is 18.2 Å². The molecule has 0 fully saturated rings. The maximum Gasteiger partial charge on any atom is 0.226 e. The molecule has 0 bridgehead atoms. The first-order chi connectivity index (χ1) is 11.2. The number of hydrogen-bond donors (Lipinski definition) is 1. The first-order valence-electron chi connectivity index (χ1n) is 7.13. The molecule has 0 aliphatic rings. The predicted octanol–water partition coefficient (Wildman–Crippen LogP) is 3.45. The van der Waals surface area contributed by atoms with E-state index in [9.17, 15) is 9.18 Å². The molecule has 2 heterocycles. The molecule has 116 valence electrons. The predicted molar refractivity (Wildman–Crippen MR) is 83.1 cm³/mol. The lowest BCUT2D eigenvalue weighted by Crippen LogP contribution is -2.13. The third-order valence-electron chi connectivity index (χ3n) is 3.19. The van der Waals surface area contributed by atoms with Gasteiger partial charge in [-0.2, -0.15) is 0 Å². The number of benzene rings is 1. The molecule has 6 heteroatoms. The minimum Gasteiger partial charge on any atom is -0.441 e. The minimum absolute atomic E-state index is 0.186. The number of oxazole rings is 1. The third-order valence-corrected chi connectivity index (χ3v) is 3.19. The minimum atomic E-state index is -0.372. The number of amides is 1. The van der Waals surface area contributed by atoms with Crippen molar-refractivity contribution >= 4 is 11.7 Å². The molecule has 0 unspecified atom stereocenters. The van der Waals surface area contributed by atoms with Gasteiger partial charge in [0, 0.05) is 19.0 Å². The smallest absolute Gasteiger partial charge is 0.226 e. The number of halogens is 1. The molecule has 0 radical (unpaired) electrons. The van der Waals surface area contributed by atoms with E-state index in [4.69, 9.17) is 4.42 Å². The first kappa shape index (κ1) is 14.9. The van der Waals surface area contributed by atoms with Gasteiger partial charge in [-0.3, -0.25) is 4.79 Å². The van der Waals surface area contributed by atoms with Crippen molar-refractivity contribution < 1.29 is 13.6 Å². The summed E-state index contributed by atoms with van der Waals surface area (Å²) >= 11 is 0. The lowest BCUT2D eigenvalue weighted by Gasteiger charge is -2.02. The molecule has 1 amide bonds. The van der Waals surface area contributed by atoms with Crippen molar-refractivity contribution in [1.29, 1.82) is 0 Å². The highest BCUT2D eigenvalue weighted by Gasteiger charge is 2.12. The second kappa shape index (κ2) is 6.83. The fraction of sp³-hybridized carbons (Fsp3) is 0.118. The fourth-order valence-corrected chi connectivity index (χ4v) is 2.07. The van der Waals surface area contributed by atoms with E-state index >= 15 is 0 Å². The van der Waals surface area contributed by atoms with Crippen molar-refractivity contribution in [3.05, 3.63) is 66.6 Å². The summed E-state index contributed by atoms with van der Waals surface area (Å²) in [7, 11) is 0. The number of anilines is 1. The highest BCUT2D eigenvalue weighted by Crippen LogP contribution is 2.23. The number of carbonyl (C=O) groups is 1. The molecule has 0 saturated heterocycles. The average molecular weight is 311 g/mol. The monoisotopic (exact) mass is 311 g/mol. The Labute approximate surface area is 132 Å². The lowest BCUT2D eigenvalue weighted by atomic mass is 10.2. The molecule has 5 nitrogen and oxygen atoms in total. The summed E-state index contributed by atoms with van der Waals surface area (Å²) in [6.45, 7) is 0. The summed E-state index contributed by atoms with van der Waals surface area (Å²) in [6, 6.07) is 11.6. The Balaban J connectivity index is 1.59. The number of nitrogens with one attached hydrogen (secondary N) is 1. The maximum absolute atomic E-state index is 13.7. The topological polar surface area (TPSA) is 68.0 Å². The van der Waals surface area contributed by atoms with Crippen LogP contribution in [0.4, 0.5) is 10.2 Å². The standard InChI is InChI=1S/C17H14FN3O2/c18-13-6-2-1-5-12(13)14-11-20-17(23-14)9-8-16(22)21-15-7-3-4-10-19-15/h1-7,10-11H,8-9H2,(H,19,21,22). The van der Waals surface area contributed by atoms with Crippen LogP contribution >= 0.6 is 0 Å². The molecule has 23 heavy (non-hydrogen) atoms. The van der Waals surface area contributed by atoms with Gasteiger partial charge >= 0.3 is 0 Å². The van der Waals surface area contributed by atoms with E-state index < -0.39 is 0 Å². The van der Waals surface area contributed by atoms with Gasteiger partial charge in [0.25, 0.3) is 0 Å². The Bertz CT molecular complexity index is 802. The molecule has 0 aliphatic carbocycles. The summed E-state index contributed by atoms with van der Waals surface area (Å²) in [5.74, 6) is 0.678. The van der Waals surface area contributed by atoms with Gasteiger partial charge < -0.3 is 9.73 Å². The summed E-state index contributed by atoms with van der Waals surface area (Å²) in [5.41, 5.74) is 0.351. The highest BCUT2D eigenvalue weighted by atomic mass is 19.1. The van der Waals surface area contributed by atoms with E-state index in [0.717, 1.165) is 0 Å². The van der Waals surface area contributed by atoms with Crippen LogP contribution in [0.5, 0.6) is 0 Å². The third kappa shape index (κ3) is 3.79. The van der Waals surface area contributed by atoms with Crippen LogP contribution in [0.25, 0.3) is 11.3 Å². The highest BCUT2D eigenvalue weighted by molar-refractivity contribution is 5.89. The molecule has 1 N–H and O–H groups in total. The van der Waals surface area contributed by atoms with Crippen molar-refractivity contribution in [2.75, 3.05) is 5.32 Å². The Morgan fingerprint density at radius 2 is 1.96 bits per heavy atom. The second-order valence-electron chi connectivity index (χ2n) is 4.86. The quantitative estimate of drug-likeness (QED) is 0.783. The molecule has 1 aromatic carbocycles. The molecule has 0 spiro atoms. The van der Waals surface area contributed by atoms with Gasteiger partial charge in [-0.15, -0.1) is 0 Å². The number of aromatic nitrogens is 2. The average Bonchev–Trinajstić information content (AvgIpc) is 3.03. The zero-order valence-electron chi connectivity index (χ0n) is 12.2. The first-order valence-corrected chi connectivity index (χ1v) is 7.13. The Hall–Kier alpha value is -3.02. The molecule has 3 aromatic rings. The normalized spacial score (nSPS) is 10.5.